The fourth-order valence-electron chi connectivity index (χ4n) is 2.40. The first kappa shape index (κ1) is 10.2. The van der Waals surface area contributed by atoms with Crippen molar-refractivity contribution in [3.63, 3.8) is 0 Å². The summed E-state index contributed by atoms with van der Waals surface area (Å²) >= 11 is 3.52. The molecule has 0 saturated heterocycles. The molecule has 2 heteroatoms. The van der Waals surface area contributed by atoms with E-state index in [4.69, 9.17) is 5.73 Å². The average Bonchev–Trinajstić information content (AvgIpc) is 2.18. The molecule has 1 aromatic rings. The highest BCUT2D eigenvalue weighted by atomic mass is 79.9. The van der Waals surface area contributed by atoms with E-state index in [1.54, 1.807) is 0 Å². The number of hydrogen-bond donors (Lipinski definition) is 1. The molecule has 1 nitrogen and oxygen atoms in total. The zero-order chi connectivity index (χ0) is 10.1. The van der Waals surface area contributed by atoms with Crippen molar-refractivity contribution < 1.29 is 0 Å². The first-order chi connectivity index (χ1) is 6.72. The van der Waals surface area contributed by atoms with Crippen LogP contribution in [-0.4, -0.2) is 6.54 Å². The Labute approximate surface area is 93.8 Å². The summed E-state index contributed by atoms with van der Waals surface area (Å²) in [6.07, 6.45) is 2.42. The maximum atomic E-state index is 5.77. The van der Waals surface area contributed by atoms with E-state index in [0.717, 1.165) is 6.54 Å². The number of aryl methyl sites for hydroxylation is 1. The summed E-state index contributed by atoms with van der Waals surface area (Å²) in [6, 6.07) is 6.62. The third-order valence-corrected chi connectivity index (χ3v) is 3.88. The monoisotopic (exact) mass is 253 g/mol. The van der Waals surface area contributed by atoms with Crippen molar-refractivity contribution in [2.24, 2.45) is 11.7 Å². The predicted molar refractivity (Wildman–Crippen MR) is 63.4 cm³/mol. The zero-order valence-corrected chi connectivity index (χ0v) is 10.0. The molecule has 14 heavy (non-hydrogen) atoms. The minimum Gasteiger partial charge on any atom is -0.330 e. The molecule has 2 unspecified atom stereocenters. The summed E-state index contributed by atoms with van der Waals surface area (Å²) in [4.78, 5) is 0. The molecular weight excluding hydrogens is 238 g/mol. The maximum Gasteiger partial charge on any atom is 0.0178 e. The van der Waals surface area contributed by atoms with Crippen LogP contribution in [0.2, 0.25) is 0 Å². The van der Waals surface area contributed by atoms with Gasteiger partial charge in [-0.15, -0.1) is 0 Å². The molecule has 0 radical (unpaired) electrons. The van der Waals surface area contributed by atoms with Crippen LogP contribution in [0.25, 0.3) is 0 Å². The molecule has 76 valence electrons. The first-order valence-corrected chi connectivity index (χ1v) is 6.00. The quantitative estimate of drug-likeness (QED) is 0.818. The lowest BCUT2D eigenvalue weighted by atomic mass is 9.76. The molecule has 0 saturated carbocycles. The molecule has 0 bridgehead atoms. The molecule has 2 rings (SSSR count). The lowest BCUT2D eigenvalue weighted by molar-refractivity contribution is 0.400. The van der Waals surface area contributed by atoms with E-state index in [2.05, 4.69) is 41.1 Å². The van der Waals surface area contributed by atoms with E-state index < -0.39 is 0 Å². The van der Waals surface area contributed by atoms with Gasteiger partial charge in [-0.1, -0.05) is 28.9 Å². The maximum absolute atomic E-state index is 5.77. The van der Waals surface area contributed by atoms with E-state index in [9.17, 15) is 0 Å². The van der Waals surface area contributed by atoms with Gasteiger partial charge in [-0.25, -0.2) is 0 Å². The number of halogens is 1. The fraction of sp³-hybridized carbons (Fsp3) is 0.500. The molecule has 0 amide bonds. The van der Waals surface area contributed by atoms with Crippen molar-refractivity contribution in [2.45, 2.75) is 25.7 Å². The Bertz CT molecular complexity index is 335. The highest BCUT2D eigenvalue weighted by Gasteiger charge is 2.24. The standard InChI is InChI=1S/C12H16BrN/c1-8-10(7-14)3-2-9-6-11(13)4-5-12(8)9/h4-6,8,10H,2-3,7,14H2,1H3. The molecule has 2 atom stereocenters. The van der Waals surface area contributed by atoms with Gasteiger partial charge >= 0.3 is 0 Å². The molecule has 1 aliphatic carbocycles. The molecule has 1 aromatic carbocycles. The van der Waals surface area contributed by atoms with Crippen LogP contribution in [0.5, 0.6) is 0 Å². The van der Waals surface area contributed by atoms with Crippen LogP contribution < -0.4 is 5.73 Å². The second kappa shape index (κ2) is 4.03. The predicted octanol–water partition coefficient (Wildman–Crippen LogP) is 3.07. The van der Waals surface area contributed by atoms with E-state index >= 15 is 0 Å². The minimum absolute atomic E-state index is 0.622. The lowest BCUT2D eigenvalue weighted by Crippen LogP contribution is -2.25. The highest BCUT2D eigenvalue weighted by Crippen LogP contribution is 2.36. The molecule has 1 aliphatic rings. The van der Waals surface area contributed by atoms with Gasteiger partial charge in [0, 0.05) is 4.47 Å². The SMILES string of the molecule is CC1c2ccc(Br)cc2CCC1CN. The number of fused-ring (bicyclic) bond motifs is 1. The Hall–Kier alpha value is -0.340. The minimum atomic E-state index is 0.622. The van der Waals surface area contributed by atoms with Crippen molar-refractivity contribution in [3.05, 3.63) is 33.8 Å². The zero-order valence-electron chi connectivity index (χ0n) is 8.46. The molecular formula is C12H16BrN. The summed E-state index contributed by atoms with van der Waals surface area (Å²) in [5.74, 6) is 1.29. The summed E-state index contributed by atoms with van der Waals surface area (Å²) in [5.41, 5.74) is 8.76. The van der Waals surface area contributed by atoms with Gasteiger partial charge in [0.25, 0.3) is 0 Å². The van der Waals surface area contributed by atoms with Crippen molar-refractivity contribution >= 4 is 15.9 Å². The van der Waals surface area contributed by atoms with E-state index in [1.807, 2.05) is 0 Å². The van der Waals surface area contributed by atoms with Crippen LogP contribution >= 0.6 is 15.9 Å². The summed E-state index contributed by atoms with van der Waals surface area (Å²) < 4.78 is 1.19. The Morgan fingerprint density at radius 1 is 1.50 bits per heavy atom. The van der Waals surface area contributed by atoms with Gasteiger partial charge in [0.15, 0.2) is 0 Å². The largest absolute Gasteiger partial charge is 0.330 e. The normalized spacial score (nSPS) is 25.9. The molecule has 0 aliphatic heterocycles. The van der Waals surface area contributed by atoms with Gasteiger partial charge in [-0.2, -0.15) is 0 Å². The van der Waals surface area contributed by atoms with Crippen LogP contribution in [-0.2, 0) is 6.42 Å². The highest BCUT2D eigenvalue weighted by molar-refractivity contribution is 9.10. The van der Waals surface area contributed by atoms with Crippen LogP contribution in [0, 0.1) is 5.92 Å². The molecule has 2 N–H and O–H groups in total. The molecule has 0 spiro atoms. The summed E-state index contributed by atoms with van der Waals surface area (Å²) in [5, 5.41) is 0. The average molecular weight is 254 g/mol. The fourth-order valence-corrected chi connectivity index (χ4v) is 2.81. The van der Waals surface area contributed by atoms with Gasteiger partial charge in [0.1, 0.15) is 0 Å². The van der Waals surface area contributed by atoms with Crippen molar-refractivity contribution in [1.29, 1.82) is 0 Å². The van der Waals surface area contributed by atoms with E-state index in [-0.39, 0.29) is 0 Å². The van der Waals surface area contributed by atoms with E-state index in [0.29, 0.717) is 11.8 Å². The van der Waals surface area contributed by atoms with Crippen LogP contribution in [0.1, 0.15) is 30.4 Å². The Kier molecular flexibility index (Phi) is 2.93. The number of rotatable bonds is 1. The Morgan fingerprint density at radius 3 is 3.00 bits per heavy atom. The number of hydrogen-bond acceptors (Lipinski definition) is 1. The first-order valence-electron chi connectivity index (χ1n) is 5.20. The van der Waals surface area contributed by atoms with Crippen LogP contribution in [0.15, 0.2) is 22.7 Å². The summed E-state index contributed by atoms with van der Waals surface area (Å²) in [6.45, 7) is 3.11. The third kappa shape index (κ3) is 1.73. The van der Waals surface area contributed by atoms with Gasteiger partial charge < -0.3 is 5.73 Å². The molecule has 0 heterocycles. The number of nitrogens with two attached hydrogens (primary N) is 1. The second-order valence-corrected chi connectivity index (χ2v) is 5.08. The molecule has 0 aromatic heterocycles. The van der Waals surface area contributed by atoms with E-state index in [1.165, 1.54) is 28.4 Å². The Morgan fingerprint density at radius 2 is 2.29 bits per heavy atom. The number of benzene rings is 1. The third-order valence-electron chi connectivity index (χ3n) is 3.39. The van der Waals surface area contributed by atoms with Crippen molar-refractivity contribution in [1.82, 2.24) is 0 Å². The Balaban J connectivity index is 2.36. The second-order valence-electron chi connectivity index (χ2n) is 4.17. The lowest BCUT2D eigenvalue weighted by Gasteiger charge is -2.30. The van der Waals surface area contributed by atoms with Crippen LogP contribution in [0.4, 0.5) is 0 Å². The van der Waals surface area contributed by atoms with Gasteiger partial charge in [0.2, 0.25) is 0 Å². The topological polar surface area (TPSA) is 26.0 Å². The van der Waals surface area contributed by atoms with Gasteiger partial charge in [0.05, 0.1) is 0 Å². The van der Waals surface area contributed by atoms with Crippen LogP contribution in [0.3, 0.4) is 0 Å². The van der Waals surface area contributed by atoms with Crippen molar-refractivity contribution in [3.8, 4) is 0 Å². The van der Waals surface area contributed by atoms with Gasteiger partial charge in [-0.05, 0) is 54.5 Å². The van der Waals surface area contributed by atoms with Crippen molar-refractivity contribution in [2.75, 3.05) is 6.54 Å². The smallest absolute Gasteiger partial charge is 0.0178 e. The molecule has 0 fully saturated rings. The summed E-state index contributed by atoms with van der Waals surface area (Å²) in [7, 11) is 0. The van der Waals surface area contributed by atoms with Gasteiger partial charge in [-0.3, -0.25) is 0 Å².